The van der Waals surface area contributed by atoms with E-state index in [1.807, 2.05) is 6.07 Å². The zero-order valence-electron chi connectivity index (χ0n) is 16.9. The third-order valence-electron chi connectivity index (χ3n) is 4.62. The fourth-order valence-electron chi connectivity index (χ4n) is 2.99. The summed E-state index contributed by atoms with van der Waals surface area (Å²) in [4.78, 5) is 25.1. The van der Waals surface area contributed by atoms with Crippen LogP contribution >= 0.6 is 15.9 Å². The van der Waals surface area contributed by atoms with Gasteiger partial charge in [0.25, 0.3) is 0 Å². The van der Waals surface area contributed by atoms with Crippen LogP contribution in [-0.4, -0.2) is 37.9 Å². The third-order valence-corrected chi connectivity index (χ3v) is 5.11. The van der Waals surface area contributed by atoms with Gasteiger partial charge >= 0.3 is 11.9 Å². The highest BCUT2D eigenvalue weighted by molar-refractivity contribution is 9.10. The zero-order chi connectivity index (χ0) is 21.3. The molecule has 1 unspecified atom stereocenters. The first-order valence-corrected chi connectivity index (χ1v) is 10.9. The highest BCUT2D eigenvalue weighted by Gasteiger charge is 2.19. The van der Waals surface area contributed by atoms with Gasteiger partial charge in [-0.1, -0.05) is 35.3 Å². The minimum atomic E-state index is -0.562. The summed E-state index contributed by atoms with van der Waals surface area (Å²) in [6, 6.07) is 11.6. The van der Waals surface area contributed by atoms with Crippen LogP contribution in [0, 0.1) is 0 Å². The predicted octanol–water partition coefficient (Wildman–Crippen LogP) is 5.18. The molecule has 0 aromatic heterocycles. The van der Waals surface area contributed by atoms with Gasteiger partial charge in [-0.25, -0.2) is 9.59 Å². The molecule has 1 aliphatic rings. The number of carbonyl (C=O) groups is 2. The van der Waals surface area contributed by atoms with E-state index in [9.17, 15) is 9.59 Å². The molecule has 0 spiro atoms. The maximum absolute atomic E-state index is 12.7. The number of benzene rings is 2. The molecular formula is C23H25BrO6. The quantitative estimate of drug-likeness (QED) is 0.282. The summed E-state index contributed by atoms with van der Waals surface area (Å²) in [5.41, 5.74) is 0.624. The molecule has 0 radical (unpaired) electrons. The number of esters is 2. The van der Waals surface area contributed by atoms with Gasteiger partial charge in [0.05, 0.1) is 18.3 Å². The zero-order valence-corrected chi connectivity index (χ0v) is 18.5. The van der Waals surface area contributed by atoms with Crippen LogP contribution in [-0.2, 0) is 9.47 Å². The molecule has 1 atom stereocenters. The van der Waals surface area contributed by atoms with Gasteiger partial charge in [-0.2, -0.15) is 0 Å². The number of hydrogen-bond acceptors (Lipinski definition) is 6. The second kappa shape index (κ2) is 11.1. The lowest BCUT2D eigenvalue weighted by molar-refractivity contribution is 0.0161. The number of halogens is 1. The second-order valence-corrected chi connectivity index (χ2v) is 7.91. The third kappa shape index (κ3) is 6.31. The van der Waals surface area contributed by atoms with Crippen molar-refractivity contribution >= 4 is 27.9 Å². The van der Waals surface area contributed by atoms with Crippen molar-refractivity contribution < 1.29 is 28.5 Å². The molecule has 0 bridgehead atoms. The smallest absolute Gasteiger partial charge is 0.347 e. The second-order valence-electron chi connectivity index (χ2n) is 6.99. The van der Waals surface area contributed by atoms with Gasteiger partial charge in [-0.05, 0) is 55.7 Å². The predicted molar refractivity (Wildman–Crippen MR) is 115 cm³/mol. The van der Waals surface area contributed by atoms with Crippen LogP contribution in [0.3, 0.4) is 0 Å². The fourth-order valence-corrected chi connectivity index (χ4v) is 3.35. The molecule has 1 fully saturated rings. The van der Waals surface area contributed by atoms with Crippen LogP contribution in [0.5, 0.6) is 11.5 Å². The Bertz CT molecular complexity index is 876. The highest BCUT2D eigenvalue weighted by Crippen LogP contribution is 2.26. The van der Waals surface area contributed by atoms with Crippen molar-refractivity contribution in [3.63, 3.8) is 0 Å². The van der Waals surface area contributed by atoms with Crippen molar-refractivity contribution in [3.8, 4) is 11.5 Å². The topological polar surface area (TPSA) is 71.1 Å². The Morgan fingerprint density at radius 2 is 2.03 bits per heavy atom. The van der Waals surface area contributed by atoms with Crippen LogP contribution in [0.15, 0.2) is 46.9 Å². The summed E-state index contributed by atoms with van der Waals surface area (Å²) in [7, 11) is 0. The molecule has 0 aliphatic carbocycles. The van der Waals surface area contributed by atoms with E-state index in [-0.39, 0.29) is 18.5 Å². The Morgan fingerprint density at radius 1 is 1.17 bits per heavy atom. The minimum Gasteiger partial charge on any atom is -0.493 e. The van der Waals surface area contributed by atoms with Gasteiger partial charge in [0.2, 0.25) is 0 Å². The van der Waals surface area contributed by atoms with Crippen molar-refractivity contribution in [1.29, 1.82) is 0 Å². The Hall–Kier alpha value is -2.38. The van der Waals surface area contributed by atoms with Crippen molar-refractivity contribution in [2.75, 3.05) is 19.8 Å². The average Bonchev–Trinajstić information content (AvgIpc) is 3.27. The van der Waals surface area contributed by atoms with E-state index in [1.54, 1.807) is 30.3 Å². The summed E-state index contributed by atoms with van der Waals surface area (Å²) in [6.45, 7) is 3.51. The van der Waals surface area contributed by atoms with Crippen LogP contribution in [0.25, 0.3) is 0 Å². The lowest BCUT2D eigenvalue weighted by Crippen LogP contribution is -2.18. The molecule has 0 amide bonds. The molecule has 1 aliphatic heterocycles. The van der Waals surface area contributed by atoms with E-state index < -0.39 is 11.9 Å². The SMILES string of the molecule is CCCCOc1ccc(Br)cc1C(=O)Oc1cccc(C(=O)OCC2CCCO2)c1. The van der Waals surface area contributed by atoms with Crippen molar-refractivity contribution in [1.82, 2.24) is 0 Å². The van der Waals surface area contributed by atoms with Crippen LogP contribution in [0.1, 0.15) is 53.3 Å². The Kier molecular flexibility index (Phi) is 8.28. The largest absolute Gasteiger partial charge is 0.493 e. The molecule has 6 nitrogen and oxygen atoms in total. The summed E-state index contributed by atoms with van der Waals surface area (Å²) in [5.74, 6) is -0.322. The van der Waals surface area contributed by atoms with Gasteiger partial charge in [0.15, 0.2) is 0 Å². The van der Waals surface area contributed by atoms with Gasteiger partial charge in [-0.3, -0.25) is 0 Å². The molecule has 2 aromatic carbocycles. The van der Waals surface area contributed by atoms with Crippen LogP contribution < -0.4 is 9.47 Å². The van der Waals surface area contributed by atoms with E-state index >= 15 is 0 Å². The summed E-state index contributed by atoms with van der Waals surface area (Å²) in [6.07, 6.45) is 3.71. The molecule has 160 valence electrons. The lowest BCUT2D eigenvalue weighted by atomic mass is 10.2. The molecule has 1 heterocycles. The molecular weight excluding hydrogens is 452 g/mol. The van der Waals surface area contributed by atoms with Crippen LogP contribution in [0.2, 0.25) is 0 Å². The summed E-state index contributed by atoms with van der Waals surface area (Å²) >= 11 is 3.37. The van der Waals surface area contributed by atoms with Crippen molar-refractivity contribution in [2.45, 2.75) is 38.7 Å². The average molecular weight is 477 g/mol. The van der Waals surface area contributed by atoms with E-state index in [0.29, 0.717) is 30.1 Å². The van der Waals surface area contributed by atoms with Crippen molar-refractivity contribution in [2.24, 2.45) is 0 Å². The lowest BCUT2D eigenvalue weighted by Gasteiger charge is -2.12. The standard InChI is InChI=1S/C23H25BrO6/c1-2-3-11-28-21-10-9-17(24)14-20(21)23(26)30-18-7-4-6-16(13-18)22(25)29-15-19-8-5-12-27-19/h4,6-7,9-10,13-14,19H,2-3,5,8,11-12,15H2,1H3. The number of carbonyl (C=O) groups excluding carboxylic acids is 2. The molecule has 30 heavy (non-hydrogen) atoms. The minimum absolute atomic E-state index is 0.0439. The maximum atomic E-state index is 12.7. The number of rotatable bonds is 9. The van der Waals surface area contributed by atoms with Gasteiger partial charge < -0.3 is 18.9 Å². The molecule has 1 saturated heterocycles. The fraction of sp³-hybridized carbons (Fsp3) is 0.391. The van der Waals surface area contributed by atoms with E-state index in [2.05, 4.69) is 22.9 Å². The van der Waals surface area contributed by atoms with Crippen molar-refractivity contribution in [3.05, 3.63) is 58.1 Å². The Balaban J connectivity index is 1.66. The molecule has 0 N–H and O–H groups in total. The first kappa shape index (κ1) is 22.3. The summed E-state index contributed by atoms with van der Waals surface area (Å²) in [5, 5.41) is 0. The maximum Gasteiger partial charge on any atom is 0.347 e. The highest BCUT2D eigenvalue weighted by atomic mass is 79.9. The van der Waals surface area contributed by atoms with Gasteiger partial charge in [0, 0.05) is 11.1 Å². The molecule has 7 heteroatoms. The Morgan fingerprint density at radius 3 is 2.80 bits per heavy atom. The normalized spacial score (nSPS) is 15.6. The van der Waals surface area contributed by atoms with Gasteiger partial charge in [-0.15, -0.1) is 0 Å². The van der Waals surface area contributed by atoms with Gasteiger partial charge in [0.1, 0.15) is 23.7 Å². The van der Waals surface area contributed by atoms with Crippen LogP contribution in [0.4, 0.5) is 0 Å². The molecule has 3 rings (SSSR count). The first-order valence-electron chi connectivity index (χ1n) is 10.1. The van der Waals surface area contributed by atoms with E-state index in [1.165, 1.54) is 6.07 Å². The molecule has 0 saturated carbocycles. The van der Waals surface area contributed by atoms with E-state index in [4.69, 9.17) is 18.9 Å². The number of hydrogen-bond donors (Lipinski definition) is 0. The number of unbranched alkanes of at least 4 members (excludes halogenated alkanes) is 1. The first-order chi connectivity index (χ1) is 14.6. The Labute approximate surface area is 184 Å². The van der Waals surface area contributed by atoms with E-state index in [0.717, 1.165) is 30.2 Å². The number of ether oxygens (including phenoxy) is 4. The monoisotopic (exact) mass is 476 g/mol. The molecule has 2 aromatic rings. The summed E-state index contributed by atoms with van der Waals surface area (Å²) < 4.78 is 22.7.